The van der Waals surface area contributed by atoms with Gasteiger partial charge in [-0.3, -0.25) is 9.69 Å². The summed E-state index contributed by atoms with van der Waals surface area (Å²) in [6.07, 6.45) is 2.22. The summed E-state index contributed by atoms with van der Waals surface area (Å²) in [5, 5.41) is 9.48. The molecule has 0 radical (unpaired) electrons. The van der Waals surface area contributed by atoms with Crippen molar-refractivity contribution in [3.8, 4) is 5.75 Å². The number of benzene rings is 1. The number of methoxy groups -OCH3 is 1. The number of likely N-dealkylation sites (tertiary alicyclic amines) is 1. The van der Waals surface area contributed by atoms with E-state index in [-0.39, 0.29) is 12.5 Å². The number of aliphatic hydroxyl groups excluding tert-OH is 1. The minimum Gasteiger partial charge on any atom is -0.491 e. The average molecular weight is 415 g/mol. The Hall–Kier alpha value is -2.35. The first kappa shape index (κ1) is 20.9. The molecule has 1 fully saturated rings. The average Bonchev–Trinajstić information content (AvgIpc) is 3.12. The predicted octanol–water partition coefficient (Wildman–Crippen LogP) is 2.67. The summed E-state index contributed by atoms with van der Waals surface area (Å²) < 4.78 is 16.6. The smallest absolute Gasteiger partial charge is 0.289 e. The van der Waals surface area contributed by atoms with E-state index in [2.05, 4.69) is 17.0 Å². The third-order valence-electron chi connectivity index (χ3n) is 5.82. The largest absolute Gasteiger partial charge is 0.491 e. The number of carbonyl (C=O) groups excluding carboxylic acids is 1. The van der Waals surface area contributed by atoms with Gasteiger partial charge < -0.3 is 23.9 Å². The van der Waals surface area contributed by atoms with Crippen molar-refractivity contribution in [1.82, 2.24) is 9.80 Å². The van der Waals surface area contributed by atoms with Crippen LogP contribution in [0.4, 0.5) is 0 Å². The first-order chi connectivity index (χ1) is 14.7. The molecule has 0 bridgehead atoms. The van der Waals surface area contributed by atoms with Crippen LogP contribution in [0.2, 0.25) is 0 Å². The van der Waals surface area contributed by atoms with Gasteiger partial charge in [-0.2, -0.15) is 0 Å². The Bertz CT molecular complexity index is 865. The molecule has 1 atom stereocenters. The van der Waals surface area contributed by atoms with Crippen LogP contribution in [0.1, 0.15) is 40.3 Å². The number of ether oxygens (including phenoxy) is 2. The fourth-order valence-corrected chi connectivity index (χ4v) is 4.29. The molecule has 1 amide bonds. The molecule has 1 aromatic heterocycles. The number of fused-ring (bicyclic) bond motifs is 1. The zero-order valence-corrected chi connectivity index (χ0v) is 17.5. The Morgan fingerprint density at radius 3 is 3.00 bits per heavy atom. The lowest BCUT2D eigenvalue weighted by Gasteiger charge is -2.32. The standard InChI is InChI=1S/C23H30N2O5/c1-28-16-20-5-7-22(30-20)23(27)25-9-10-29-21-6-4-17(11-19(21)14-25)12-24-8-2-3-18(13-24)15-26/h4-7,11,18,26H,2-3,8-10,12-16H2,1H3/t18-/m0/s1. The molecule has 4 rings (SSSR count). The monoisotopic (exact) mass is 414 g/mol. The molecule has 30 heavy (non-hydrogen) atoms. The molecule has 7 heteroatoms. The van der Waals surface area contributed by atoms with Gasteiger partial charge in [-0.25, -0.2) is 0 Å². The highest BCUT2D eigenvalue weighted by Gasteiger charge is 2.24. The molecule has 0 aliphatic carbocycles. The molecule has 162 valence electrons. The molecule has 1 N–H and O–H groups in total. The first-order valence-electron chi connectivity index (χ1n) is 10.6. The maximum atomic E-state index is 13.0. The summed E-state index contributed by atoms with van der Waals surface area (Å²) in [4.78, 5) is 17.1. The van der Waals surface area contributed by atoms with Gasteiger partial charge in [0.15, 0.2) is 5.76 Å². The van der Waals surface area contributed by atoms with Crippen molar-refractivity contribution in [2.45, 2.75) is 32.5 Å². The van der Waals surface area contributed by atoms with Gasteiger partial charge in [0.1, 0.15) is 24.7 Å². The van der Waals surface area contributed by atoms with Crippen molar-refractivity contribution in [1.29, 1.82) is 0 Å². The second-order valence-electron chi connectivity index (χ2n) is 8.14. The Labute approximate surface area is 177 Å². The van der Waals surface area contributed by atoms with Crippen LogP contribution in [0.25, 0.3) is 0 Å². The van der Waals surface area contributed by atoms with E-state index < -0.39 is 0 Å². The van der Waals surface area contributed by atoms with Crippen LogP contribution in [0.3, 0.4) is 0 Å². The fourth-order valence-electron chi connectivity index (χ4n) is 4.29. The Kier molecular flexibility index (Phi) is 6.72. The van der Waals surface area contributed by atoms with E-state index in [1.807, 2.05) is 6.07 Å². The van der Waals surface area contributed by atoms with Crippen LogP contribution in [0, 0.1) is 5.92 Å². The highest BCUT2D eigenvalue weighted by atomic mass is 16.5. The molecule has 0 spiro atoms. The van der Waals surface area contributed by atoms with Crippen molar-refractivity contribution < 1.29 is 23.8 Å². The first-order valence-corrected chi connectivity index (χ1v) is 10.6. The minimum absolute atomic E-state index is 0.138. The van der Waals surface area contributed by atoms with Crippen LogP contribution in [0.5, 0.6) is 5.75 Å². The van der Waals surface area contributed by atoms with E-state index in [0.29, 0.717) is 43.7 Å². The number of rotatable bonds is 6. The van der Waals surface area contributed by atoms with Crippen molar-refractivity contribution >= 4 is 5.91 Å². The highest BCUT2D eigenvalue weighted by molar-refractivity contribution is 5.91. The number of piperidine rings is 1. The van der Waals surface area contributed by atoms with E-state index in [1.54, 1.807) is 24.1 Å². The van der Waals surface area contributed by atoms with Crippen molar-refractivity contribution in [3.63, 3.8) is 0 Å². The summed E-state index contributed by atoms with van der Waals surface area (Å²) in [5.74, 6) is 2.02. The normalized spacial score (nSPS) is 19.8. The number of furan rings is 1. The predicted molar refractivity (Wildman–Crippen MR) is 111 cm³/mol. The van der Waals surface area contributed by atoms with Gasteiger partial charge in [-0.15, -0.1) is 0 Å². The maximum Gasteiger partial charge on any atom is 0.289 e. The molecule has 0 saturated carbocycles. The molecule has 1 aromatic carbocycles. The Morgan fingerprint density at radius 1 is 1.27 bits per heavy atom. The van der Waals surface area contributed by atoms with E-state index in [9.17, 15) is 9.90 Å². The number of amides is 1. The zero-order valence-electron chi connectivity index (χ0n) is 17.5. The summed E-state index contributed by atoms with van der Waals surface area (Å²) in [7, 11) is 1.60. The third kappa shape index (κ3) is 4.86. The Balaban J connectivity index is 1.46. The van der Waals surface area contributed by atoms with Crippen molar-refractivity contribution in [2.75, 3.05) is 40.0 Å². The molecule has 2 aromatic rings. The molecule has 0 unspecified atom stereocenters. The third-order valence-corrected chi connectivity index (χ3v) is 5.82. The fraction of sp³-hybridized carbons (Fsp3) is 0.522. The summed E-state index contributed by atoms with van der Waals surface area (Å²) in [6.45, 7) is 4.87. The van der Waals surface area contributed by atoms with Gasteiger partial charge in [0.05, 0.1) is 6.54 Å². The van der Waals surface area contributed by atoms with Gasteiger partial charge in [-0.1, -0.05) is 6.07 Å². The lowest BCUT2D eigenvalue weighted by molar-refractivity contribution is 0.0693. The number of aliphatic hydroxyl groups is 1. The number of carbonyl (C=O) groups is 1. The van der Waals surface area contributed by atoms with Crippen LogP contribution >= 0.6 is 0 Å². The second-order valence-corrected chi connectivity index (χ2v) is 8.14. The summed E-state index contributed by atoms with van der Waals surface area (Å²) in [6, 6.07) is 9.73. The number of nitrogens with zero attached hydrogens (tertiary/aromatic N) is 2. The highest BCUT2D eigenvalue weighted by Crippen LogP contribution is 2.27. The summed E-state index contributed by atoms with van der Waals surface area (Å²) >= 11 is 0. The molecule has 3 heterocycles. The van der Waals surface area contributed by atoms with E-state index in [0.717, 1.165) is 43.8 Å². The van der Waals surface area contributed by atoms with Gasteiger partial charge in [0.2, 0.25) is 0 Å². The zero-order chi connectivity index (χ0) is 20.9. The number of hydrogen-bond donors (Lipinski definition) is 1. The van der Waals surface area contributed by atoms with Crippen molar-refractivity contribution in [2.24, 2.45) is 5.92 Å². The van der Waals surface area contributed by atoms with E-state index >= 15 is 0 Å². The quantitative estimate of drug-likeness (QED) is 0.783. The van der Waals surface area contributed by atoms with Gasteiger partial charge in [-0.05, 0) is 55.1 Å². The molecule has 2 aliphatic rings. The van der Waals surface area contributed by atoms with Crippen LogP contribution in [0.15, 0.2) is 34.7 Å². The van der Waals surface area contributed by atoms with Gasteiger partial charge >= 0.3 is 0 Å². The van der Waals surface area contributed by atoms with E-state index in [4.69, 9.17) is 13.9 Å². The second kappa shape index (κ2) is 9.64. The summed E-state index contributed by atoms with van der Waals surface area (Å²) in [5.41, 5.74) is 2.21. The Morgan fingerprint density at radius 2 is 2.17 bits per heavy atom. The lowest BCUT2D eigenvalue weighted by atomic mass is 9.98. The molecular formula is C23H30N2O5. The van der Waals surface area contributed by atoms with Crippen LogP contribution < -0.4 is 4.74 Å². The topological polar surface area (TPSA) is 75.4 Å². The number of hydrogen-bond acceptors (Lipinski definition) is 6. The van der Waals surface area contributed by atoms with Gasteiger partial charge in [0, 0.05) is 38.9 Å². The molecule has 1 saturated heterocycles. The van der Waals surface area contributed by atoms with Crippen LogP contribution in [-0.4, -0.2) is 60.8 Å². The molecule has 2 aliphatic heterocycles. The lowest BCUT2D eigenvalue weighted by Crippen LogP contribution is -2.36. The van der Waals surface area contributed by atoms with Gasteiger partial charge in [0.25, 0.3) is 5.91 Å². The van der Waals surface area contributed by atoms with E-state index in [1.165, 1.54) is 5.56 Å². The van der Waals surface area contributed by atoms with Crippen molar-refractivity contribution in [3.05, 3.63) is 53.0 Å². The van der Waals surface area contributed by atoms with Crippen LogP contribution in [-0.2, 0) is 24.4 Å². The molecule has 7 nitrogen and oxygen atoms in total. The SMILES string of the molecule is COCc1ccc(C(=O)N2CCOc3ccc(CN4CCC[C@H](CO)C4)cc3C2)o1. The minimum atomic E-state index is -0.138. The maximum absolute atomic E-state index is 13.0. The molecular weight excluding hydrogens is 384 g/mol.